The molecule has 0 radical (unpaired) electrons. The number of nitrogens with one attached hydrogen (secondary N) is 1. The molecule has 0 saturated carbocycles. The highest BCUT2D eigenvalue weighted by Gasteiger charge is 2.21. The standard InChI is InChI=1S/C12H23BrN2O2/c1-4-7-14-11(16)9-15(8-5-2)12(17)10(13)6-3/h10H,4-9H2,1-3H3,(H,14,16). The molecule has 2 amide bonds. The molecule has 1 N–H and O–H groups in total. The summed E-state index contributed by atoms with van der Waals surface area (Å²) in [4.78, 5) is 25.0. The van der Waals surface area contributed by atoms with Crippen molar-refractivity contribution in [1.82, 2.24) is 10.2 Å². The molecule has 1 unspecified atom stereocenters. The summed E-state index contributed by atoms with van der Waals surface area (Å²) in [6.07, 6.45) is 2.50. The normalized spacial score (nSPS) is 12.0. The van der Waals surface area contributed by atoms with Gasteiger partial charge in [0.25, 0.3) is 0 Å². The van der Waals surface area contributed by atoms with E-state index in [4.69, 9.17) is 0 Å². The van der Waals surface area contributed by atoms with Crippen molar-refractivity contribution in [2.24, 2.45) is 0 Å². The van der Waals surface area contributed by atoms with Gasteiger partial charge in [-0.1, -0.05) is 36.7 Å². The number of amides is 2. The fourth-order valence-electron chi connectivity index (χ4n) is 1.40. The molecular formula is C12H23BrN2O2. The summed E-state index contributed by atoms with van der Waals surface area (Å²) in [7, 11) is 0. The highest BCUT2D eigenvalue weighted by Crippen LogP contribution is 2.09. The molecule has 0 saturated heterocycles. The molecule has 0 aliphatic carbocycles. The Morgan fingerprint density at radius 2 is 1.88 bits per heavy atom. The van der Waals surface area contributed by atoms with Crippen LogP contribution in [0.5, 0.6) is 0 Å². The second-order valence-electron chi connectivity index (χ2n) is 3.99. The van der Waals surface area contributed by atoms with Crippen molar-refractivity contribution < 1.29 is 9.59 Å². The lowest BCUT2D eigenvalue weighted by atomic mass is 10.2. The van der Waals surface area contributed by atoms with Crippen molar-refractivity contribution >= 4 is 27.7 Å². The van der Waals surface area contributed by atoms with Crippen LogP contribution >= 0.6 is 15.9 Å². The molecule has 0 aliphatic heterocycles. The third kappa shape index (κ3) is 6.66. The van der Waals surface area contributed by atoms with Gasteiger partial charge in [-0.25, -0.2) is 0 Å². The monoisotopic (exact) mass is 306 g/mol. The molecule has 4 nitrogen and oxygen atoms in total. The Balaban J connectivity index is 4.32. The topological polar surface area (TPSA) is 49.4 Å². The average Bonchev–Trinajstić information content (AvgIpc) is 2.33. The first kappa shape index (κ1) is 16.4. The van der Waals surface area contributed by atoms with Gasteiger partial charge in [0.15, 0.2) is 0 Å². The molecular weight excluding hydrogens is 284 g/mol. The van der Waals surface area contributed by atoms with Crippen LogP contribution in [-0.4, -0.2) is 41.2 Å². The predicted octanol–water partition coefficient (Wildman–Crippen LogP) is 1.92. The van der Waals surface area contributed by atoms with Gasteiger partial charge in [0.1, 0.15) is 0 Å². The maximum absolute atomic E-state index is 12.0. The largest absolute Gasteiger partial charge is 0.355 e. The van der Waals surface area contributed by atoms with Gasteiger partial charge in [0.2, 0.25) is 11.8 Å². The zero-order valence-electron chi connectivity index (χ0n) is 11.0. The van der Waals surface area contributed by atoms with Crippen molar-refractivity contribution in [2.45, 2.75) is 44.9 Å². The Kier molecular flexibility index (Phi) is 9.13. The van der Waals surface area contributed by atoms with Crippen LogP contribution in [0.1, 0.15) is 40.0 Å². The van der Waals surface area contributed by atoms with Crippen molar-refractivity contribution in [3.05, 3.63) is 0 Å². The van der Waals surface area contributed by atoms with Gasteiger partial charge in [-0.3, -0.25) is 9.59 Å². The number of carbonyl (C=O) groups excluding carboxylic acids is 2. The zero-order chi connectivity index (χ0) is 13.3. The van der Waals surface area contributed by atoms with E-state index in [1.807, 2.05) is 20.8 Å². The van der Waals surface area contributed by atoms with Crippen LogP contribution in [0.3, 0.4) is 0 Å². The summed E-state index contributed by atoms with van der Waals surface area (Å²) in [6, 6.07) is 0. The minimum atomic E-state index is -0.187. The van der Waals surface area contributed by atoms with Gasteiger partial charge >= 0.3 is 0 Å². The molecule has 0 fully saturated rings. The molecule has 0 aromatic carbocycles. The number of rotatable bonds is 8. The predicted molar refractivity (Wildman–Crippen MR) is 73.2 cm³/mol. The first-order valence-corrected chi connectivity index (χ1v) is 7.17. The van der Waals surface area contributed by atoms with E-state index in [1.165, 1.54) is 0 Å². The maximum atomic E-state index is 12.0. The minimum Gasteiger partial charge on any atom is -0.355 e. The number of hydrogen-bond donors (Lipinski definition) is 1. The van der Waals surface area contributed by atoms with E-state index in [9.17, 15) is 9.59 Å². The van der Waals surface area contributed by atoms with Crippen LogP contribution < -0.4 is 5.32 Å². The third-order valence-electron chi connectivity index (χ3n) is 2.34. The third-order valence-corrected chi connectivity index (χ3v) is 3.38. The van der Waals surface area contributed by atoms with Gasteiger partial charge in [-0.2, -0.15) is 0 Å². The second-order valence-corrected chi connectivity index (χ2v) is 5.09. The highest BCUT2D eigenvalue weighted by atomic mass is 79.9. The quantitative estimate of drug-likeness (QED) is 0.697. The Bertz CT molecular complexity index is 247. The van der Waals surface area contributed by atoms with Crippen molar-refractivity contribution in [3.63, 3.8) is 0 Å². The maximum Gasteiger partial charge on any atom is 0.239 e. The number of carbonyl (C=O) groups is 2. The summed E-state index contributed by atoms with van der Waals surface area (Å²) >= 11 is 3.33. The van der Waals surface area contributed by atoms with E-state index in [2.05, 4.69) is 21.2 Å². The zero-order valence-corrected chi connectivity index (χ0v) is 12.5. The molecule has 0 rings (SSSR count). The molecule has 5 heteroatoms. The molecule has 0 aromatic rings. The highest BCUT2D eigenvalue weighted by molar-refractivity contribution is 9.10. The van der Waals surface area contributed by atoms with E-state index < -0.39 is 0 Å². The molecule has 100 valence electrons. The van der Waals surface area contributed by atoms with E-state index in [1.54, 1.807) is 4.90 Å². The fourth-order valence-corrected chi connectivity index (χ4v) is 1.69. The molecule has 1 atom stereocenters. The lowest BCUT2D eigenvalue weighted by Crippen LogP contribution is -2.44. The lowest BCUT2D eigenvalue weighted by molar-refractivity contribution is -0.135. The van der Waals surface area contributed by atoms with Crippen LogP contribution in [0.15, 0.2) is 0 Å². The summed E-state index contributed by atoms with van der Waals surface area (Å²) in [5.74, 6) is -0.0783. The summed E-state index contributed by atoms with van der Waals surface area (Å²) in [5.41, 5.74) is 0. The second kappa shape index (κ2) is 9.45. The molecule has 0 aromatic heterocycles. The Hall–Kier alpha value is -0.580. The van der Waals surface area contributed by atoms with Gasteiger partial charge in [0, 0.05) is 13.1 Å². The molecule has 0 spiro atoms. The summed E-state index contributed by atoms with van der Waals surface area (Å²) < 4.78 is 0. The first-order valence-electron chi connectivity index (χ1n) is 6.26. The Morgan fingerprint density at radius 3 is 2.35 bits per heavy atom. The van der Waals surface area contributed by atoms with Crippen molar-refractivity contribution in [3.8, 4) is 0 Å². The van der Waals surface area contributed by atoms with Crippen LogP contribution in [0.25, 0.3) is 0 Å². The van der Waals surface area contributed by atoms with Crippen LogP contribution in [0.2, 0.25) is 0 Å². The number of nitrogens with zero attached hydrogens (tertiary/aromatic N) is 1. The van der Waals surface area contributed by atoms with Crippen molar-refractivity contribution in [1.29, 1.82) is 0 Å². The molecule has 0 heterocycles. The van der Waals surface area contributed by atoms with E-state index in [-0.39, 0.29) is 23.2 Å². The van der Waals surface area contributed by atoms with Gasteiger partial charge < -0.3 is 10.2 Å². The van der Waals surface area contributed by atoms with E-state index in [0.717, 1.165) is 19.3 Å². The first-order chi connectivity index (χ1) is 8.06. The Morgan fingerprint density at radius 1 is 1.24 bits per heavy atom. The Labute approximate surface area is 112 Å². The lowest BCUT2D eigenvalue weighted by Gasteiger charge is -2.23. The number of alkyl halides is 1. The van der Waals surface area contributed by atoms with Crippen molar-refractivity contribution in [2.75, 3.05) is 19.6 Å². The average molecular weight is 307 g/mol. The molecule has 0 aliphatic rings. The molecule has 17 heavy (non-hydrogen) atoms. The molecule has 0 bridgehead atoms. The SMILES string of the molecule is CCCNC(=O)CN(CCC)C(=O)C(Br)CC. The van der Waals surface area contributed by atoms with Crippen LogP contribution in [-0.2, 0) is 9.59 Å². The summed E-state index contributed by atoms with van der Waals surface area (Å²) in [5, 5.41) is 2.78. The van der Waals surface area contributed by atoms with Gasteiger partial charge in [-0.05, 0) is 19.3 Å². The van der Waals surface area contributed by atoms with E-state index >= 15 is 0 Å². The van der Waals surface area contributed by atoms with Crippen LogP contribution in [0.4, 0.5) is 0 Å². The number of hydrogen-bond acceptors (Lipinski definition) is 2. The smallest absolute Gasteiger partial charge is 0.239 e. The fraction of sp³-hybridized carbons (Fsp3) is 0.833. The van der Waals surface area contributed by atoms with Gasteiger partial charge in [0.05, 0.1) is 11.4 Å². The van der Waals surface area contributed by atoms with Gasteiger partial charge in [-0.15, -0.1) is 0 Å². The minimum absolute atomic E-state index is 0.000925. The number of halogens is 1. The summed E-state index contributed by atoms with van der Waals surface area (Å²) in [6.45, 7) is 7.40. The van der Waals surface area contributed by atoms with Crippen LogP contribution in [0, 0.1) is 0 Å². The van der Waals surface area contributed by atoms with E-state index in [0.29, 0.717) is 13.1 Å².